The van der Waals surface area contributed by atoms with Crippen LogP contribution in [0.25, 0.3) is 43.8 Å². The highest BCUT2D eigenvalue weighted by Gasteiger charge is 2.26. The van der Waals surface area contributed by atoms with Gasteiger partial charge >= 0.3 is 0 Å². The van der Waals surface area contributed by atoms with Gasteiger partial charge in [0.1, 0.15) is 23.0 Å². The van der Waals surface area contributed by atoms with E-state index in [9.17, 15) is 0 Å². The van der Waals surface area contributed by atoms with Gasteiger partial charge in [0.05, 0.1) is 5.39 Å². The fourth-order valence-electron chi connectivity index (χ4n) is 5.55. The zero-order chi connectivity index (χ0) is 27.2. The van der Waals surface area contributed by atoms with Gasteiger partial charge in [0.25, 0.3) is 0 Å². The Bertz CT molecular complexity index is 2110. The standard InChI is InChI=1S/C36H24N4O/c1-4-12-23(13-5-1)29-22-37-32(31-28-20-26-18-10-11-19-27(26)21-30(28)41-33(29)31)36-39-34(24-14-6-2-7-15-24)38-35(40-36)25-16-8-3-9-17-25/h1-22,34H,(H,38,39,40). The lowest BCUT2D eigenvalue weighted by Gasteiger charge is -2.23. The van der Waals surface area contributed by atoms with Crippen molar-refractivity contribution in [3.63, 3.8) is 0 Å². The zero-order valence-electron chi connectivity index (χ0n) is 22.0. The quantitative estimate of drug-likeness (QED) is 0.250. The van der Waals surface area contributed by atoms with Crippen molar-refractivity contribution >= 4 is 44.4 Å². The number of nitrogens with zero attached hydrogens (tertiary/aromatic N) is 3. The minimum Gasteiger partial charge on any atom is -0.455 e. The molecule has 194 valence electrons. The molecule has 1 unspecified atom stereocenters. The largest absolute Gasteiger partial charge is 0.455 e. The molecule has 0 saturated heterocycles. The first-order chi connectivity index (χ1) is 20.3. The van der Waals surface area contributed by atoms with Crippen LogP contribution in [0.5, 0.6) is 0 Å². The van der Waals surface area contributed by atoms with Crippen LogP contribution in [-0.2, 0) is 0 Å². The van der Waals surface area contributed by atoms with Crippen molar-refractivity contribution in [3.05, 3.63) is 150 Å². The first-order valence-electron chi connectivity index (χ1n) is 13.6. The average molecular weight is 529 g/mol. The van der Waals surface area contributed by atoms with Crippen LogP contribution in [0.15, 0.2) is 148 Å². The zero-order valence-corrected chi connectivity index (χ0v) is 22.0. The van der Waals surface area contributed by atoms with Crippen LogP contribution in [0.3, 0.4) is 0 Å². The fraction of sp³-hybridized carbons (Fsp3) is 0.0278. The van der Waals surface area contributed by atoms with Gasteiger partial charge in [-0.1, -0.05) is 115 Å². The highest BCUT2D eigenvalue weighted by atomic mass is 16.3. The van der Waals surface area contributed by atoms with Crippen LogP contribution in [0.2, 0.25) is 0 Å². The topological polar surface area (TPSA) is 62.8 Å². The molecule has 7 aromatic rings. The van der Waals surface area contributed by atoms with E-state index in [1.807, 2.05) is 79.0 Å². The van der Waals surface area contributed by atoms with Crippen molar-refractivity contribution in [2.75, 3.05) is 0 Å². The fourth-order valence-corrected chi connectivity index (χ4v) is 5.55. The highest BCUT2D eigenvalue weighted by molar-refractivity contribution is 6.23. The number of aliphatic imine (C=N–C) groups is 2. The van der Waals surface area contributed by atoms with Gasteiger partial charge in [0.15, 0.2) is 11.7 Å². The Hall–Kier alpha value is -5.55. The third kappa shape index (κ3) is 4.07. The van der Waals surface area contributed by atoms with Crippen LogP contribution in [-0.4, -0.2) is 16.7 Å². The van der Waals surface area contributed by atoms with Crippen molar-refractivity contribution in [3.8, 4) is 11.1 Å². The maximum Gasteiger partial charge on any atom is 0.159 e. The third-order valence-corrected chi connectivity index (χ3v) is 7.56. The number of hydrogen-bond acceptors (Lipinski definition) is 5. The molecule has 0 spiro atoms. The van der Waals surface area contributed by atoms with E-state index in [-0.39, 0.29) is 6.17 Å². The molecule has 0 amide bonds. The van der Waals surface area contributed by atoms with Gasteiger partial charge in [0, 0.05) is 22.7 Å². The Morgan fingerprint density at radius 2 is 1.29 bits per heavy atom. The molecule has 3 heterocycles. The number of fused-ring (bicyclic) bond motifs is 4. The lowest BCUT2D eigenvalue weighted by molar-refractivity contribution is 0.667. The molecule has 0 fully saturated rings. The van der Waals surface area contributed by atoms with Crippen molar-refractivity contribution in [1.29, 1.82) is 0 Å². The smallest absolute Gasteiger partial charge is 0.159 e. The minimum absolute atomic E-state index is 0.316. The maximum absolute atomic E-state index is 6.65. The molecule has 5 heteroatoms. The second-order valence-electron chi connectivity index (χ2n) is 10.1. The Kier molecular flexibility index (Phi) is 5.45. The highest BCUT2D eigenvalue weighted by Crippen LogP contribution is 2.39. The van der Waals surface area contributed by atoms with Crippen LogP contribution in [0.1, 0.15) is 23.0 Å². The second kappa shape index (κ2) is 9.57. The van der Waals surface area contributed by atoms with Crippen LogP contribution < -0.4 is 5.32 Å². The molecule has 0 bridgehead atoms. The van der Waals surface area contributed by atoms with Crippen LogP contribution in [0, 0.1) is 0 Å². The molecule has 5 aromatic carbocycles. The van der Waals surface area contributed by atoms with E-state index >= 15 is 0 Å². The number of aromatic nitrogens is 1. The molecule has 0 aliphatic carbocycles. The van der Waals surface area contributed by atoms with Gasteiger partial charge in [-0.3, -0.25) is 4.98 Å². The minimum atomic E-state index is -0.316. The van der Waals surface area contributed by atoms with E-state index in [2.05, 4.69) is 59.9 Å². The average Bonchev–Trinajstić information content (AvgIpc) is 3.42. The number of benzene rings is 5. The van der Waals surface area contributed by atoms with E-state index < -0.39 is 0 Å². The Morgan fingerprint density at radius 3 is 2.02 bits per heavy atom. The van der Waals surface area contributed by atoms with E-state index in [1.165, 1.54) is 0 Å². The number of pyridine rings is 1. The summed E-state index contributed by atoms with van der Waals surface area (Å²) in [4.78, 5) is 15.1. The molecule has 0 radical (unpaired) electrons. The molecule has 0 saturated carbocycles. The van der Waals surface area contributed by atoms with Crippen molar-refractivity contribution in [1.82, 2.24) is 10.3 Å². The summed E-state index contributed by atoms with van der Waals surface area (Å²) in [5.74, 6) is 1.32. The van der Waals surface area contributed by atoms with Crippen LogP contribution >= 0.6 is 0 Å². The monoisotopic (exact) mass is 528 g/mol. The van der Waals surface area contributed by atoms with Crippen LogP contribution in [0.4, 0.5) is 0 Å². The number of furan rings is 1. The molecule has 1 aliphatic rings. The number of amidine groups is 2. The van der Waals surface area contributed by atoms with Gasteiger partial charge in [-0.05, 0) is 34.0 Å². The summed E-state index contributed by atoms with van der Waals surface area (Å²) < 4.78 is 6.65. The lowest BCUT2D eigenvalue weighted by atomic mass is 10.0. The summed E-state index contributed by atoms with van der Waals surface area (Å²) in [7, 11) is 0. The molecule has 2 aromatic heterocycles. The molecule has 8 rings (SSSR count). The summed E-state index contributed by atoms with van der Waals surface area (Å²) in [6, 6.07) is 43.2. The van der Waals surface area contributed by atoms with E-state index in [0.29, 0.717) is 11.7 Å². The molecular formula is C36H24N4O. The Labute approximate surface area is 236 Å². The third-order valence-electron chi connectivity index (χ3n) is 7.56. The maximum atomic E-state index is 6.65. The SMILES string of the molecule is c1ccc(C2=NC(c3ccccc3)NC(c3ncc(-c4ccccc4)c4oc5cc6ccccc6cc5c34)=N2)cc1. The number of nitrogens with one attached hydrogen (secondary N) is 1. The Morgan fingerprint density at radius 1 is 0.659 bits per heavy atom. The van der Waals surface area contributed by atoms with Gasteiger partial charge in [-0.25, -0.2) is 9.98 Å². The van der Waals surface area contributed by atoms with Gasteiger partial charge in [0.2, 0.25) is 0 Å². The second-order valence-corrected chi connectivity index (χ2v) is 10.1. The molecule has 41 heavy (non-hydrogen) atoms. The first-order valence-corrected chi connectivity index (χ1v) is 13.6. The number of rotatable bonds is 4. The van der Waals surface area contributed by atoms with Crippen molar-refractivity contribution in [2.24, 2.45) is 9.98 Å². The lowest BCUT2D eigenvalue weighted by Crippen LogP contribution is -2.34. The predicted octanol–water partition coefficient (Wildman–Crippen LogP) is 8.30. The molecule has 1 aliphatic heterocycles. The normalized spacial score (nSPS) is 15.1. The van der Waals surface area contributed by atoms with Crippen molar-refractivity contribution < 1.29 is 4.42 Å². The van der Waals surface area contributed by atoms with E-state index in [4.69, 9.17) is 19.4 Å². The van der Waals surface area contributed by atoms with Crippen molar-refractivity contribution in [2.45, 2.75) is 6.17 Å². The molecular weight excluding hydrogens is 504 g/mol. The van der Waals surface area contributed by atoms with E-state index in [0.717, 1.165) is 60.7 Å². The van der Waals surface area contributed by atoms with Gasteiger partial charge < -0.3 is 9.73 Å². The molecule has 5 nitrogen and oxygen atoms in total. The van der Waals surface area contributed by atoms with Gasteiger partial charge in [-0.2, -0.15) is 0 Å². The molecule has 1 N–H and O–H groups in total. The summed E-state index contributed by atoms with van der Waals surface area (Å²) in [5.41, 5.74) is 6.33. The van der Waals surface area contributed by atoms with E-state index in [1.54, 1.807) is 0 Å². The summed E-state index contributed by atoms with van der Waals surface area (Å²) >= 11 is 0. The summed E-state index contributed by atoms with van der Waals surface area (Å²) in [6.45, 7) is 0. The summed E-state index contributed by atoms with van der Waals surface area (Å²) in [5, 5.41) is 7.80. The van der Waals surface area contributed by atoms with Gasteiger partial charge in [-0.15, -0.1) is 0 Å². The Balaban J connectivity index is 1.40. The first kappa shape index (κ1) is 23.3. The summed E-state index contributed by atoms with van der Waals surface area (Å²) in [6.07, 6.45) is 1.58. The predicted molar refractivity (Wildman–Crippen MR) is 166 cm³/mol. The molecule has 1 atom stereocenters. The number of hydrogen-bond donors (Lipinski definition) is 1.